The summed E-state index contributed by atoms with van der Waals surface area (Å²) in [5, 5.41) is 0. The summed E-state index contributed by atoms with van der Waals surface area (Å²) in [4.78, 5) is 0. The van der Waals surface area contributed by atoms with E-state index >= 15 is 0 Å². The van der Waals surface area contributed by atoms with Crippen LogP contribution in [0.2, 0.25) is 0 Å². The zero-order valence-electron chi connectivity index (χ0n) is 8.83. The fourth-order valence-electron chi connectivity index (χ4n) is 1.12. The molecule has 0 aromatic heterocycles. The molecule has 0 saturated carbocycles. The third-order valence-electron chi connectivity index (χ3n) is 1.91. The Hall–Kier alpha value is -1.13. The first-order chi connectivity index (χ1) is 7.24. The van der Waals surface area contributed by atoms with Crippen molar-refractivity contribution in [2.75, 3.05) is 25.6 Å². The molecule has 0 aliphatic rings. The number of hydrogen-bond donors (Lipinski definition) is 1. The quantitative estimate of drug-likeness (QED) is 0.580. The predicted octanol–water partition coefficient (Wildman–Crippen LogP) is 1.96. The molecule has 1 rings (SSSR count). The Morgan fingerprint density at radius 1 is 1.27 bits per heavy atom. The molecule has 0 heterocycles. The molecule has 1 aromatic rings. The van der Waals surface area contributed by atoms with Crippen molar-refractivity contribution in [2.24, 2.45) is 0 Å². The Kier molecular flexibility index (Phi) is 5.07. The van der Waals surface area contributed by atoms with Gasteiger partial charge in [0.2, 0.25) is 0 Å². The monoisotopic (exact) mass is 213 g/mol. The first kappa shape index (κ1) is 11.9. The molecule has 0 fully saturated rings. The maximum absolute atomic E-state index is 13.2. The molecular formula is C11H16FNO2. The number of nitrogens with two attached hydrogens (primary N) is 1. The van der Waals surface area contributed by atoms with Crippen LogP contribution in [0.1, 0.15) is 12.5 Å². The average molecular weight is 213 g/mol. The van der Waals surface area contributed by atoms with Crippen molar-refractivity contribution >= 4 is 5.69 Å². The van der Waals surface area contributed by atoms with Crippen molar-refractivity contribution in [3.05, 3.63) is 29.6 Å². The number of benzene rings is 1. The third kappa shape index (κ3) is 4.27. The lowest BCUT2D eigenvalue weighted by atomic mass is 10.2. The number of hydrogen-bond acceptors (Lipinski definition) is 3. The van der Waals surface area contributed by atoms with Gasteiger partial charge in [-0.2, -0.15) is 0 Å². The van der Waals surface area contributed by atoms with Crippen molar-refractivity contribution in [3.8, 4) is 0 Å². The number of halogens is 1. The third-order valence-corrected chi connectivity index (χ3v) is 1.91. The van der Waals surface area contributed by atoms with E-state index in [4.69, 9.17) is 15.2 Å². The first-order valence-electron chi connectivity index (χ1n) is 4.93. The molecule has 15 heavy (non-hydrogen) atoms. The molecule has 0 amide bonds. The molecule has 0 spiro atoms. The summed E-state index contributed by atoms with van der Waals surface area (Å²) in [7, 11) is 0. The van der Waals surface area contributed by atoms with Gasteiger partial charge in [0.1, 0.15) is 5.82 Å². The molecule has 0 radical (unpaired) electrons. The first-order valence-corrected chi connectivity index (χ1v) is 4.93. The fraction of sp³-hybridized carbons (Fsp3) is 0.455. The van der Waals surface area contributed by atoms with Crippen LogP contribution in [0.5, 0.6) is 0 Å². The highest BCUT2D eigenvalue weighted by molar-refractivity contribution is 5.40. The molecular weight excluding hydrogens is 197 g/mol. The molecule has 2 N–H and O–H groups in total. The Bertz CT molecular complexity index is 305. The smallest absolute Gasteiger partial charge is 0.130 e. The molecule has 3 nitrogen and oxygen atoms in total. The molecule has 84 valence electrons. The Balaban J connectivity index is 2.31. The highest BCUT2D eigenvalue weighted by Crippen LogP contribution is 2.12. The average Bonchev–Trinajstić information content (AvgIpc) is 2.20. The van der Waals surface area contributed by atoms with Gasteiger partial charge in [-0.05, 0) is 19.1 Å². The lowest BCUT2D eigenvalue weighted by Crippen LogP contribution is -2.05. The van der Waals surface area contributed by atoms with Gasteiger partial charge in [0, 0.05) is 17.9 Å². The van der Waals surface area contributed by atoms with E-state index < -0.39 is 0 Å². The zero-order valence-corrected chi connectivity index (χ0v) is 8.83. The van der Waals surface area contributed by atoms with Crippen molar-refractivity contribution < 1.29 is 13.9 Å². The molecule has 0 saturated heterocycles. The number of nitrogen functional groups attached to an aromatic ring is 1. The SMILES string of the molecule is CCOCCOCc1ccc(N)cc1F. The lowest BCUT2D eigenvalue weighted by molar-refractivity contribution is 0.0443. The highest BCUT2D eigenvalue weighted by atomic mass is 19.1. The van der Waals surface area contributed by atoms with E-state index in [0.717, 1.165) is 0 Å². The van der Waals surface area contributed by atoms with E-state index in [-0.39, 0.29) is 12.4 Å². The van der Waals surface area contributed by atoms with Crippen molar-refractivity contribution in [3.63, 3.8) is 0 Å². The Morgan fingerprint density at radius 3 is 2.67 bits per heavy atom. The van der Waals surface area contributed by atoms with Crippen LogP contribution in [-0.2, 0) is 16.1 Å². The summed E-state index contributed by atoms with van der Waals surface area (Å²) in [6.07, 6.45) is 0. The molecule has 0 atom stereocenters. The van der Waals surface area contributed by atoms with Crippen LogP contribution in [0.4, 0.5) is 10.1 Å². The minimum Gasteiger partial charge on any atom is -0.399 e. The normalized spacial score (nSPS) is 10.5. The van der Waals surface area contributed by atoms with Gasteiger partial charge in [-0.15, -0.1) is 0 Å². The van der Waals surface area contributed by atoms with Crippen molar-refractivity contribution in [2.45, 2.75) is 13.5 Å². The summed E-state index contributed by atoms with van der Waals surface area (Å²) >= 11 is 0. The minimum absolute atomic E-state index is 0.249. The van der Waals surface area contributed by atoms with Gasteiger partial charge >= 0.3 is 0 Å². The summed E-state index contributed by atoms with van der Waals surface area (Å²) in [6.45, 7) is 3.84. The standard InChI is InChI=1S/C11H16FNO2/c1-2-14-5-6-15-8-9-3-4-10(13)7-11(9)12/h3-4,7H,2,5-6,8,13H2,1H3. The van der Waals surface area contributed by atoms with Gasteiger partial charge in [-0.3, -0.25) is 0 Å². The molecule has 0 aliphatic heterocycles. The maximum Gasteiger partial charge on any atom is 0.130 e. The van der Waals surface area contributed by atoms with Crippen LogP contribution in [0.25, 0.3) is 0 Å². The van der Waals surface area contributed by atoms with E-state index in [0.29, 0.717) is 31.1 Å². The molecule has 0 aliphatic carbocycles. The highest BCUT2D eigenvalue weighted by Gasteiger charge is 2.01. The summed E-state index contributed by atoms with van der Waals surface area (Å²) < 4.78 is 23.6. The fourth-order valence-corrected chi connectivity index (χ4v) is 1.12. The number of ether oxygens (including phenoxy) is 2. The summed E-state index contributed by atoms with van der Waals surface area (Å²) in [6, 6.07) is 4.58. The zero-order chi connectivity index (χ0) is 11.1. The topological polar surface area (TPSA) is 44.5 Å². The second kappa shape index (κ2) is 6.37. The van der Waals surface area contributed by atoms with E-state index in [9.17, 15) is 4.39 Å². The van der Waals surface area contributed by atoms with Crippen LogP contribution in [-0.4, -0.2) is 19.8 Å². The van der Waals surface area contributed by atoms with E-state index in [1.54, 1.807) is 12.1 Å². The van der Waals surface area contributed by atoms with Crippen LogP contribution in [0.3, 0.4) is 0 Å². The van der Waals surface area contributed by atoms with Crippen molar-refractivity contribution in [1.82, 2.24) is 0 Å². The van der Waals surface area contributed by atoms with Gasteiger partial charge in [0.25, 0.3) is 0 Å². The predicted molar refractivity (Wildman–Crippen MR) is 57.0 cm³/mol. The van der Waals surface area contributed by atoms with E-state index in [1.807, 2.05) is 6.92 Å². The van der Waals surface area contributed by atoms with Gasteiger partial charge < -0.3 is 15.2 Å². The van der Waals surface area contributed by atoms with Crippen molar-refractivity contribution in [1.29, 1.82) is 0 Å². The van der Waals surface area contributed by atoms with E-state index in [1.165, 1.54) is 6.07 Å². The second-order valence-electron chi connectivity index (χ2n) is 3.10. The summed E-state index contributed by atoms with van der Waals surface area (Å²) in [5.41, 5.74) is 6.36. The van der Waals surface area contributed by atoms with Gasteiger partial charge in [-0.1, -0.05) is 6.07 Å². The molecule has 1 aromatic carbocycles. The van der Waals surface area contributed by atoms with Gasteiger partial charge in [0.05, 0.1) is 19.8 Å². The van der Waals surface area contributed by atoms with Crippen LogP contribution in [0, 0.1) is 5.82 Å². The van der Waals surface area contributed by atoms with Gasteiger partial charge in [-0.25, -0.2) is 4.39 Å². The summed E-state index contributed by atoms with van der Waals surface area (Å²) in [5.74, 6) is -0.327. The Morgan fingerprint density at radius 2 is 2.00 bits per heavy atom. The van der Waals surface area contributed by atoms with Crippen LogP contribution < -0.4 is 5.73 Å². The second-order valence-corrected chi connectivity index (χ2v) is 3.10. The molecule has 0 unspecified atom stereocenters. The largest absolute Gasteiger partial charge is 0.399 e. The molecule has 4 heteroatoms. The molecule has 0 bridgehead atoms. The van der Waals surface area contributed by atoms with Crippen LogP contribution >= 0.6 is 0 Å². The minimum atomic E-state index is -0.327. The van der Waals surface area contributed by atoms with E-state index in [2.05, 4.69) is 0 Å². The maximum atomic E-state index is 13.2. The number of rotatable bonds is 6. The van der Waals surface area contributed by atoms with Crippen LogP contribution in [0.15, 0.2) is 18.2 Å². The Labute approximate surface area is 89.0 Å². The number of anilines is 1. The van der Waals surface area contributed by atoms with Gasteiger partial charge in [0.15, 0.2) is 0 Å². The lowest BCUT2D eigenvalue weighted by Gasteiger charge is -2.06.